The van der Waals surface area contributed by atoms with Gasteiger partial charge in [0.2, 0.25) is 10.0 Å². The third-order valence-electron chi connectivity index (χ3n) is 4.15. The summed E-state index contributed by atoms with van der Waals surface area (Å²) in [6.45, 7) is 4.67. The van der Waals surface area contributed by atoms with Crippen LogP contribution in [0.25, 0.3) is 0 Å². The predicted molar refractivity (Wildman–Crippen MR) is 103 cm³/mol. The van der Waals surface area contributed by atoms with Crippen LogP contribution in [0.4, 0.5) is 0 Å². The van der Waals surface area contributed by atoms with Crippen molar-refractivity contribution in [1.29, 1.82) is 0 Å². The highest BCUT2D eigenvalue weighted by Gasteiger charge is 2.32. The zero-order valence-electron chi connectivity index (χ0n) is 14.2. The number of halogens is 2. The van der Waals surface area contributed by atoms with Crippen molar-refractivity contribution in [3.63, 3.8) is 0 Å². The van der Waals surface area contributed by atoms with E-state index in [4.69, 9.17) is 23.2 Å². The Morgan fingerprint density at radius 2 is 1.81 bits per heavy atom. The van der Waals surface area contributed by atoms with Crippen molar-refractivity contribution in [2.24, 2.45) is 0 Å². The molecule has 1 fully saturated rings. The number of aromatic nitrogens is 1. The summed E-state index contributed by atoms with van der Waals surface area (Å²) in [6, 6.07) is 4.73. The number of piperazine rings is 1. The SMILES string of the molecule is Cc1cc(S(=O)(=O)N2CCN(C(=O)c3nc(Cl)ccc3Cl)CC2)c(C)s1. The minimum atomic E-state index is -3.56. The number of hydrogen-bond donors (Lipinski definition) is 0. The predicted octanol–water partition coefficient (Wildman–Crippen LogP) is 3.21. The van der Waals surface area contributed by atoms with Gasteiger partial charge in [0.25, 0.3) is 5.91 Å². The molecule has 0 aliphatic carbocycles. The first-order chi connectivity index (χ1) is 12.2. The first-order valence-electron chi connectivity index (χ1n) is 7.88. The van der Waals surface area contributed by atoms with E-state index in [0.29, 0.717) is 4.90 Å². The molecule has 2 aromatic heterocycles. The summed E-state index contributed by atoms with van der Waals surface area (Å²) in [6.07, 6.45) is 0. The second kappa shape index (κ2) is 7.44. The highest BCUT2D eigenvalue weighted by molar-refractivity contribution is 7.89. The topological polar surface area (TPSA) is 70.6 Å². The van der Waals surface area contributed by atoms with Crippen LogP contribution in [-0.2, 0) is 10.0 Å². The summed E-state index contributed by atoms with van der Waals surface area (Å²) in [4.78, 5) is 20.2. The number of nitrogens with zero attached hydrogens (tertiary/aromatic N) is 3. The highest BCUT2D eigenvalue weighted by atomic mass is 35.5. The molecule has 0 saturated carbocycles. The number of hydrogen-bond acceptors (Lipinski definition) is 5. The minimum absolute atomic E-state index is 0.0831. The fraction of sp³-hybridized carbons (Fsp3) is 0.375. The zero-order valence-corrected chi connectivity index (χ0v) is 17.3. The standard InChI is InChI=1S/C16H17Cl2N3O3S2/c1-10-9-13(11(2)25-10)26(23,24)21-7-5-20(6-8-21)16(22)15-12(17)3-4-14(18)19-15/h3-4,9H,5-8H2,1-2H3. The van der Waals surface area contributed by atoms with Crippen molar-refractivity contribution in [3.8, 4) is 0 Å². The molecule has 26 heavy (non-hydrogen) atoms. The van der Waals surface area contributed by atoms with Gasteiger partial charge < -0.3 is 4.90 Å². The molecular weight excluding hydrogens is 417 g/mol. The maximum absolute atomic E-state index is 12.8. The van der Waals surface area contributed by atoms with Gasteiger partial charge in [-0.2, -0.15) is 4.31 Å². The van der Waals surface area contributed by atoms with E-state index in [1.807, 2.05) is 6.92 Å². The van der Waals surface area contributed by atoms with Gasteiger partial charge in [-0.05, 0) is 32.0 Å². The van der Waals surface area contributed by atoms with Crippen molar-refractivity contribution in [2.45, 2.75) is 18.7 Å². The van der Waals surface area contributed by atoms with Crippen LogP contribution in [0.5, 0.6) is 0 Å². The molecule has 0 atom stereocenters. The molecule has 3 heterocycles. The Labute approximate surface area is 166 Å². The largest absolute Gasteiger partial charge is 0.335 e. The summed E-state index contributed by atoms with van der Waals surface area (Å²) >= 11 is 13.3. The van der Waals surface area contributed by atoms with Gasteiger partial charge in [0.1, 0.15) is 10.8 Å². The van der Waals surface area contributed by atoms with Crippen LogP contribution in [0.3, 0.4) is 0 Å². The van der Waals surface area contributed by atoms with Crippen molar-refractivity contribution >= 4 is 50.5 Å². The van der Waals surface area contributed by atoms with Crippen molar-refractivity contribution in [3.05, 3.63) is 43.8 Å². The Balaban J connectivity index is 1.74. The van der Waals surface area contributed by atoms with Gasteiger partial charge in [-0.1, -0.05) is 23.2 Å². The maximum atomic E-state index is 12.8. The van der Waals surface area contributed by atoms with Gasteiger partial charge in [-0.25, -0.2) is 13.4 Å². The number of sulfonamides is 1. The summed E-state index contributed by atoms with van der Waals surface area (Å²) in [5, 5.41) is 0.404. The molecule has 0 unspecified atom stereocenters. The zero-order chi connectivity index (χ0) is 19.1. The molecule has 1 aliphatic rings. The molecule has 10 heteroatoms. The van der Waals surface area contributed by atoms with Crippen LogP contribution in [-0.4, -0.2) is 54.7 Å². The second-order valence-corrected chi connectivity index (χ2v) is 10.1. The molecule has 0 bridgehead atoms. The number of pyridine rings is 1. The third kappa shape index (κ3) is 3.75. The number of aryl methyl sites for hydroxylation is 2. The Hall–Kier alpha value is -1.19. The first-order valence-corrected chi connectivity index (χ1v) is 10.9. The Morgan fingerprint density at radius 3 is 2.38 bits per heavy atom. The van der Waals surface area contributed by atoms with Gasteiger partial charge in [0.05, 0.1) is 9.92 Å². The van der Waals surface area contributed by atoms with Crippen molar-refractivity contribution in [1.82, 2.24) is 14.2 Å². The molecule has 1 aliphatic heterocycles. The number of rotatable bonds is 3. The molecule has 3 rings (SSSR count). The monoisotopic (exact) mass is 433 g/mol. The molecule has 140 valence electrons. The van der Waals surface area contributed by atoms with Gasteiger partial charge in [-0.3, -0.25) is 4.79 Å². The van der Waals surface area contributed by atoms with E-state index in [-0.39, 0.29) is 48.0 Å². The van der Waals surface area contributed by atoms with E-state index in [2.05, 4.69) is 4.98 Å². The van der Waals surface area contributed by atoms with Crippen LogP contribution in [0, 0.1) is 13.8 Å². The lowest BCUT2D eigenvalue weighted by atomic mass is 10.3. The molecule has 0 N–H and O–H groups in total. The summed E-state index contributed by atoms with van der Waals surface area (Å²) in [5.74, 6) is -0.350. The van der Waals surface area contributed by atoms with E-state index in [0.717, 1.165) is 9.75 Å². The number of amides is 1. The number of carbonyl (C=O) groups is 1. The fourth-order valence-corrected chi connectivity index (χ4v) is 6.13. The van der Waals surface area contributed by atoms with E-state index >= 15 is 0 Å². The third-order valence-corrected chi connectivity index (χ3v) is 7.79. The van der Waals surface area contributed by atoms with Gasteiger partial charge in [0.15, 0.2) is 0 Å². The van der Waals surface area contributed by atoms with Crippen LogP contribution in [0.2, 0.25) is 10.2 Å². The van der Waals surface area contributed by atoms with Gasteiger partial charge >= 0.3 is 0 Å². The molecule has 0 radical (unpaired) electrons. The maximum Gasteiger partial charge on any atom is 0.274 e. The lowest BCUT2D eigenvalue weighted by Crippen LogP contribution is -2.50. The summed E-state index contributed by atoms with van der Waals surface area (Å²) < 4.78 is 27.1. The molecule has 1 saturated heterocycles. The van der Waals surface area contributed by atoms with Crippen LogP contribution in [0.1, 0.15) is 20.2 Å². The minimum Gasteiger partial charge on any atom is -0.335 e. The van der Waals surface area contributed by atoms with E-state index in [1.165, 1.54) is 27.8 Å². The molecule has 0 spiro atoms. The average molecular weight is 434 g/mol. The van der Waals surface area contributed by atoms with Gasteiger partial charge in [-0.15, -0.1) is 11.3 Å². The van der Waals surface area contributed by atoms with E-state index in [9.17, 15) is 13.2 Å². The van der Waals surface area contributed by atoms with E-state index < -0.39 is 10.0 Å². The lowest BCUT2D eigenvalue weighted by Gasteiger charge is -2.33. The molecule has 6 nitrogen and oxygen atoms in total. The van der Waals surface area contributed by atoms with Crippen molar-refractivity contribution in [2.75, 3.05) is 26.2 Å². The second-order valence-electron chi connectivity index (χ2n) is 5.94. The highest BCUT2D eigenvalue weighted by Crippen LogP contribution is 2.28. The first kappa shape index (κ1) is 19.6. The lowest BCUT2D eigenvalue weighted by molar-refractivity contribution is 0.0692. The fourth-order valence-electron chi connectivity index (χ4n) is 2.85. The molecular formula is C16H17Cl2N3O3S2. The smallest absolute Gasteiger partial charge is 0.274 e. The van der Waals surface area contributed by atoms with Gasteiger partial charge in [0, 0.05) is 35.9 Å². The Kier molecular flexibility index (Phi) is 5.60. The van der Waals surface area contributed by atoms with Crippen LogP contribution < -0.4 is 0 Å². The summed E-state index contributed by atoms with van der Waals surface area (Å²) in [5.41, 5.74) is 0.0831. The molecule has 0 aromatic carbocycles. The summed E-state index contributed by atoms with van der Waals surface area (Å²) in [7, 11) is -3.56. The Bertz CT molecular complexity index is 952. The normalized spacial score (nSPS) is 16.1. The Morgan fingerprint density at radius 1 is 1.15 bits per heavy atom. The van der Waals surface area contributed by atoms with Crippen LogP contribution in [0.15, 0.2) is 23.1 Å². The van der Waals surface area contributed by atoms with Crippen molar-refractivity contribution < 1.29 is 13.2 Å². The quantitative estimate of drug-likeness (QED) is 0.696. The average Bonchev–Trinajstić information content (AvgIpc) is 2.95. The molecule has 2 aromatic rings. The van der Waals surface area contributed by atoms with E-state index in [1.54, 1.807) is 17.9 Å². The number of carbonyl (C=O) groups excluding carboxylic acids is 1. The molecule has 1 amide bonds. The van der Waals surface area contributed by atoms with Crippen LogP contribution >= 0.6 is 34.5 Å². The number of thiophene rings is 1.